The summed E-state index contributed by atoms with van der Waals surface area (Å²) in [6.07, 6.45) is -3.67. The van der Waals surface area contributed by atoms with Gasteiger partial charge in [0, 0.05) is 0 Å². The zero-order valence-corrected chi connectivity index (χ0v) is 9.98. The molecule has 0 saturated heterocycles. The summed E-state index contributed by atoms with van der Waals surface area (Å²) in [5.41, 5.74) is 0. The summed E-state index contributed by atoms with van der Waals surface area (Å²) in [6, 6.07) is 0. The number of rotatable bonds is 0. The maximum atomic E-state index is 8.58. The Morgan fingerprint density at radius 1 is 0.769 bits per heavy atom. The third-order valence-corrected chi connectivity index (χ3v) is 0. The van der Waals surface area contributed by atoms with Gasteiger partial charge in [0.05, 0.1) is 0 Å². The topological polar surface area (TPSA) is 190 Å². The van der Waals surface area contributed by atoms with Crippen LogP contribution in [0.1, 0.15) is 0 Å². The van der Waals surface area contributed by atoms with Crippen LogP contribution in [0.4, 0.5) is 9.59 Å². The molecule has 0 rings (SSSR count). The van der Waals surface area contributed by atoms with E-state index >= 15 is 0 Å². The van der Waals surface area contributed by atoms with Crippen LogP contribution in [0.5, 0.6) is 0 Å². The van der Waals surface area contributed by atoms with E-state index < -0.39 is 40.1 Å². The van der Waals surface area contributed by atoms with Gasteiger partial charge in [0.1, 0.15) is 0 Å². The second-order valence-corrected chi connectivity index (χ2v) is 1.34. The first kappa shape index (κ1) is 22.7. The first-order valence-electron chi connectivity index (χ1n) is 1.91. The van der Waals surface area contributed by atoms with Crippen molar-refractivity contribution < 1.29 is 72.8 Å². The Kier molecular flexibility index (Phi) is 53.2. The van der Waals surface area contributed by atoms with E-state index in [9.17, 15) is 0 Å². The van der Waals surface area contributed by atoms with Crippen molar-refractivity contribution in [3.05, 3.63) is 0 Å². The van der Waals surface area contributed by atoms with Crippen molar-refractivity contribution in [3.8, 4) is 0 Å². The van der Waals surface area contributed by atoms with Gasteiger partial charge in [-0.3, -0.25) is 10.5 Å². The molecule has 11 heteroatoms. The average molecular weight is 428 g/mol. The molecule has 0 fully saturated rings. The number of carboxylic acid groups (broad SMARTS) is 4. The molecule has 0 heterocycles. The van der Waals surface area contributed by atoms with Gasteiger partial charge in [-0.25, -0.2) is 9.59 Å². The summed E-state index contributed by atoms with van der Waals surface area (Å²) in [5.74, 6) is 0. The van der Waals surface area contributed by atoms with Crippen molar-refractivity contribution in [1.29, 1.82) is 0 Å². The summed E-state index contributed by atoms with van der Waals surface area (Å²) in [6.45, 7) is 0. The van der Waals surface area contributed by atoms with E-state index in [2.05, 4.69) is 0 Å². The van der Waals surface area contributed by atoms with Crippen LogP contribution in [0.25, 0.3) is 0 Å². The maximum absolute atomic E-state index is 8.58. The summed E-state index contributed by atoms with van der Waals surface area (Å²) >= 11 is -2.51. The first-order valence-corrected chi connectivity index (χ1v) is 5.31. The Morgan fingerprint density at radius 2 is 0.769 bits per heavy atom. The molecular formula is C2H6O10U. The SMILES string of the molecule is O=C(O)O.O=C(O)O.OO.[O]=[U]=[O]. The van der Waals surface area contributed by atoms with E-state index in [4.69, 9.17) is 45.0 Å². The molecule has 0 aliphatic carbocycles. The van der Waals surface area contributed by atoms with Crippen molar-refractivity contribution in [1.82, 2.24) is 0 Å². The van der Waals surface area contributed by atoms with Crippen LogP contribution in [0.2, 0.25) is 0 Å². The number of carbonyl (C=O) groups is 2. The molecule has 0 bridgehead atoms. The predicted octanol–water partition coefficient (Wildman–Crippen LogP) is 0.225. The van der Waals surface area contributed by atoms with Crippen molar-refractivity contribution in [2.45, 2.75) is 0 Å². The molecule has 0 atom stereocenters. The minimum atomic E-state index is -2.51. The van der Waals surface area contributed by atoms with Crippen LogP contribution < -0.4 is 0 Å². The molecule has 0 spiro atoms. The van der Waals surface area contributed by atoms with Gasteiger partial charge in [0.15, 0.2) is 0 Å². The van der Waals surface area contributed by atoms with Crippen molar-refractivity contribution in [2.24, 2.45) is 0 Å². The molecule has 0 saturated carbocycles. The molecule has 6 N–H and O–H groups in total. The standard InChI is InChI=1S/2CH2O3.H2O2.2O.U/c2*2-1(3)4;1-2;;;/h2*(H2,2,3,4);1-2H;;;. The zero-order chi connectivity index (χ0) is 11.9. The fourth-order valence-electron chi connectivity index (χ4n) is 0. The molecule has 0 aromatic carbocycles. The van der Waals surface area contributed by atoms with Crippen LogP contribution in [0, 0.1) is 27.8 Å². The van der Waals surface area contributed by atoms with E-state index in [0.29, 0.717) is 0 Å². The second kappa shape index (κ2) is 30.4. The van der Waals surface area contributed by atoms with Crippen LogP contribution in [0.3, 0.4) is 0 Å². The Morgan fingerprint density at radius 3 is 0.769 bits per heavy atom. The normalized spacial score (nSPS) is 4.77. The minimum absolute atomic E-state index is 1.83. The fourth-order valence-corrected chi connectivity index (χ4v) is 0. The molecule has 78 valence electrons. The quantitative estimate of drug-likeness (QED) is 0.230. The van der Waals surface area contributed by atoms with Crippen molar-refractivity contribution in [2.75, 3.05) is 0 Å². The number of hydrogen-bond donors (Lipinski definition) is 6. The zero-order valence-electron chi connectivity index (χ0n) is 5.82. The van der Waals surface area contributed by atoms with Gasteiger partial charge < -0.3 is 20.4 Å². The van der Waals surface area contributed by atoms with Crippen LogP contribution in [0.15, 0.2) is 0 Å². The third kappa shape index (κ3) is 1170. The van der Waals surface area contributed by atoms with Gasteiger partial charge in [-0.05, 0) is 0 Å². The van der Waals surface area contributed by atoms with Gasteiger partial charge in [-0.15, -0.1) is 0 Å². The van der Waals surface area contributed by atoms with E-state index in [1.165, 1.54) is 0 Å². The Hall–Kier alpha value is -0.888. The molecule has 0 unspecified atom stereocenters. The van der Waals surface area contributed by atoms with Gasteiger partial charge in [0.2, 0.25) is 0 Å². The molecule has 0 aromatic heterocycles. The van der Waals surface area contributed by atoms with Crippen LogP contribution in [-0.2, 0) is 4.47 Å². The first-order chi connectivity index (χ1) is 5.88. The van der Waals surface area contributed by atoms with E-state index in [-0.39, 0.29) is 0 Å². The van der Waals surface area contributed by atoms with Crippen molar-refractivity contribution in [3.63, 3.8) is 0 Å². The molecule has 0 radical (unpaired) electrons. The molecular weight excluding hydrogens is 422 g/mol. The molecule has 10 nitrogen and oxygen atoms in total. The Balaban J connectivity index is -0.0000000431. The summed E-state index contributed by atoms with van der Waals surface area (Å²) in [5, 5.41) is 39.9. The van der Waals surface area contributed by atoms with E-state index in [1.54, 1.807) is 0 Å². The average Bonchev–Trinajstić information content (AvgIpc) is 1.89. The number of hydrogen-bond acceptors (Lipinski definition) is 6. The third-order valence-electron chi connectivity index (χ3n) is 0. The molecule has 0 amide bonds. The molecule has 0 aliphatic rings. The molecule has 0 aromatic rings. The van der Waals surface area contributed by atoms with Crippen molar-refractivity contribution >= 4 is 12.3 Å². The van der Waals surface area contributed by atoms with Crippen LogP contribution >= 0.6 is 0 Å². The summed E-state index contributed by atoms with van der Waals surface area (Å²) in [4.78, 5) is 17.1. The predicted molar refractivity (Wildman–Crippen MR) is 27.9 cm³/mol. The van der Waals surface area contributed by atoms with E-state index in [1.807, 2.05) is 0 Å². The molecule has 13 heavy (non-hydrogen) atoms. The van der Waals surface area contributed by atoms with Crippen LogP contribution in [-0.4, -0.2) is 43.3 Å². The molecule has 0 aliphatic heterocycles. The fraction of sp³-hybridized carbons (Fsp3) is 0. The summed E-state index contributed by atoms with van der Waals surface area (Å²) < 4.78 is 17.2. The summed E-state index contributed by atoms with van der Waals surface area (Å²) in [7, 11) is 0. The second-order valence-electron chi connectivity index (χ2n) is 0.648. The Labute approximate surface area is 85.2 Å². The Bertz CT molecular complexity index is 125. The van der Waals surface area contributed by atoms with E-state index in [0.717, 1.165) is 0 Å². The van der Waals surface area contributed by atoms with Gasteiger partial charge >= 0.3 is 44.6 Å². The van der Waals surface area contributed by atoms with Gasteiger partial charge in [-0.2, -0.15) is 0 Å². The van der Waals surface area contributed by atoms with Gasteiger partial charge in [0.25, 0.3) is 0 Å². The van der Waals surface area contributed by atoms with Gasteiger partial charge in [-0.1, -0.05) is 0 Å². The monoisotopic (exact) mass is 428 g/mol.